The number of hydrogen-bond acceptors (Lipinski definition) is 6. The van der Waals surface area contributed by atoms with Gasteiger partial charge < -0.3 is 25.2 Å². The smallest absolute Gasteiger partial charge is 0.416 e. The summed E-state index contributed by atoms with van der Waals surface area (Å²) in [6, 6.07) is 9.87. The van der Waals surface area contributed by atoms with Crippen LogP contribution in [-0.4, -0.2) is 58.9 Å². The van der Waals surface area contributed by atoms with Crippen LogP contribution in [0, 0.1) is 5.82 Å². The number of halogens is 4. The number of nitrogens with zero attached hydrogens (tertiary/aromatic N) is 5. The number of urea groups is 1. The molecule has 4 aromatic rings. The molecule has 0 aliphatic carbocycles. The summed E-state index contributed by atoms with van der Waals surface area (Å²) >= 11 is 0. The van der Waals surface area contributed by atoms with Gasteiger partial charge in [-0.2, -0.15) is 18.3 Å². The molecule has 1 atom stereocenters. The molecule has 0 bridgehead atoms. The van der Waals surface area contributed by atoms with Crippen molar-refractivity contribution in [2.24, 2.45) is 7.05 Å². The van der Waals surface area contributed by atoms with Crippen LogP contribution in [-0.2, 0) is 13.2 Å². The number of nitrogens with one attached hydrogen (secondary N) is 2. The maximum atomic E-state index is 14.9. The Morgan fingerprint density at radius 2 is 1.86 bits per heavy atom. The van der Waals surface area contributed by atoms with Gasteiger partial charge in [0.25, 0.3) is 0 Å². The molecule has 1 fully saturated rings. The van der Waals surface area contributed by atoms with Gasteiger partial charge in [0.1, 0.15) is 17.3 Å². The van der Waals surface area contributed by atoms with Crippen molar-refractivity contribution in [2.45, 2.75) is 18.6 Å². The van der Waals surface area contributed by atoms with E-state index in [0.717, 1.165) is 30.2 Å². The van der Waals surface area contributed by atoms with Gasteiger partial charge in [-0.1, -0.05) is 0 Å². The Morgan fingerprint density at radius 3 is 2.52 bits per heavy atom. The zero-order chi connectivity index (χ0) is 30.0. The number of alkyl halides is 3. The zero-order valence-corrected chi connectivity index (χ0v) is 23.1. The lowest BCUT2D eigenvalue weighted by Crippen LogP contribution is -2.31. The Kier molecular flexibility index (Phi) is 8.03. The predicted molar refractivity (Wildman–Crippen MR) is 151 cm³/mol. The van der Waals surface area contributed by atoms with Crippen LogP contribution in [0.15, 0.2) is 67.1 Å². The van der Waals surface area contributed by atoms with Gasteiger partial charge in [-0.25, -0.2) is 9.18 Å². The fourth-order valence-corrected chi connectivity index (χ4v) is 4.69. The summed E-state index contributed by atoms with van der Waals surface area (Å²) in [5.74, 6) is -0.205. The van der Waals surface area contributed by atoms with E-state index in [-0.39, 0.29) is 23.2 Å². The molecular formula is C29H29F4N7O2. The molecule has 220 valence electrons. The van der Waals surface area contributed by atoms with Crippen molar-refractivity contribution in [1.82, 2.24) is 19.7 Å². The van der Waals surface area contributed by atoms with Gasteiger partial charge in [0.15, 0.2) is 0 Å². The van der Waals surface area contributed by atoms with Gasteiger partial charge in [0.2, 0.25) is 0 Å². The molecule has 0 saturated carbocycles. The summed E-state index contributed by atoms with van der Waals surface area (Å²) in [6.45, 7) is 1.14. The Hall–Kier alpha value is -4.65. The van der Waals surface area contributed by atoms with Gasteiger partial charge in [-0.15, -0.1) is 0 Å². The first-order chi connectivity index (χ1) is 19.9. The van der Waals surface area contributed by atoms with Crippen molar-refractivity contribution in [2.75, 3.05) is 42.7 Å². The molecule has 1 unspecified atom stereocenters. The van der Waals surface area contributed by atoms with Crippen LogP contribution < -0.4 is 20.3 Å². The van der Waals surface area contributed by atoms with Crippen LogP contribution in [0.5, 0.6) is 11.5 Å². The van der Waals surface area contributed by atoms with E-state index in [1.54, 1.807) is 42.5 Å². The number of carbonyl (C=O) groups is 1. The molecular weight excluding hydrogens is 554 g/mol. The maximum Gasteiger partial charge on any atom is 0.416 e. The van der Waals surface area contributed by atoms with Crippen LogP contribution in [0.25, 0.3) is 11.3 Å². The van der Waals surface area contributed by atoms with E-state index in [0.29, 0.717) is 30.2 Å². The number of rotatable bonds is 7. The fourth-order valence-electron chi connectivity index (χ4n) is 4.69. The van der Waals surface area contributed by atoms with E-state index >= 15 is 0 Å². The second-order valence-corrected chi connectivity index (χ2v) is 10.2. The van der Waals surface area contributed by atoms with E-state index in [1.807, 2.05) is 23.9 Å². The third-order valence-electron chi connectivity index (χ3n) is 6.92. The first-order valence-corrected chi connectivity index (χ1v) is 13.1. The topological polar surface area (TPSA) is 87.6 Å². The molecule has 1 saturated heterocycles. The highest BCUT2D eigenvalue weighted by molar-refractivity contribution is 6.00. The van der Waals surface area contributed by atoms with E-state index in [2.05, 4.69) is 20.7 Å². The predicted octanol–water partition coefficient (Wildman–Crippen LogP) is 6.22. The second kappa shape index (κ2) is 11.7. The number of benzene rings is 2. The monoisotopic (exact) mass is 583 g/mol. The van der Waals surface area contributed by atoms with Crippen molar-refractivity contribution in [3.8, 4) is 22.8 Å². The van der Waals surface area contributed by atoms with E-state index in [9.17, 15) is 22.4 Å². The summed E-state index contributed by atoms with van der Waals surface area (Å²) < 4.78 is 63.3. The molecule has 3 heterocycles. The van der Waals surface area contributed by atoms with Gasteiger partial charge in [0.05, 0.1) is 23.1 Å². The summed E-state index contributed by atoms with van der Waals surface area (Å²) in [5, 5.41) is 8.87. The molecule has 2 N–H and O–H groups in total. The Morgan fingerprint density at radius 1 is 1.07 bits per heavy atom. The molecule has 0 radical (unpaired) electrons. The molecule has 13 heteroatoms. The fraction of sp³-hybridized carbons (Fsp3) is 0.276. The largest absolute Gasteiger partial charge is 0.457 e. The first-order valence-electron chi connectivity index (χ1n) is 13.1. The van der Waals surface area contributed by atoms with Gasteiger partial charge in [-0.3, -0.25) is 9.67 Å². The molecule has 2 aromatic heterocycles. The second-order valence-electron chi connectivity index (χ2n) is 10.2. The molecule has 9 nitrogen and oxygen atoms in total. The Balaban J connectivity index is 1.27. The quantitative estimate of drug-likeness (QED) is 0.252. The third kappa shape index (κ3) is 6.79. The normalized spacial score (nSPS) is 15.2. The average molecular weight is 584 g/mol. The minimum Gasteiger partial charge on any atom is -0.457 e. The van der Waals surface area contributed by atoms with E-state index in [4.69, 9.17) is 4.74 Å². The molecule has 0 spiro atoms. The lowest BCUT2D eigenvalue weighted by Gasteiger charge is -2.23. The minimum absolute atomic E-state index is 0.0619. The van der Waals surface area contributed by atoms with E-state index < -0.39 is 23.6 Å². The Labute approximate surface area is 239 Å². The summed E-state index contributed by atoms with van der Waals surface area (Å²) in [5.41, 5.74) is 0.625. The highest BCUT2D eigenvalue weighted by Gasteiger charge is 2.33. The number of ether oxygens (including phenoxy) is 1. The molecule has 5 rings (SSSR count). The molecule has 1 aliphatic rings. The van der Waals surface area contributed by atoms with Crippen molar-refractivity contribution < 1.29 is 27.1 Å². The first kappa shape index (κ1) is 28.9. The van der Waals surface area contributed by atoms with Crippen LogP contribution in [0.3, 0.4) is 0 Å². The maximum absolute atomic E-state index is 14.9. The molecule has 1 aliphatic heterocycles. The number of aryl methyl sites for hydroxylation is 1. The molecule has 42 heavy (non-hydrogen) atoms. The number of hydrogen-bond donors (Lipinski definition) is 2. The Bertz CT molecular complexity index is 1590. The summed E-state index contributed by atoms with van der Waals surface area (Å²) in [7, 11) is 5.64. The average Bonchev–Trinajstić information content (AvgIpc) is 3.60. The standard InChI is InChI=1S/C29H29F4N7O2/c1-38(2)21-7-9-40(17-21)22-11-19(29(31,32)33)10-20(12-22)36-28(41)37-26-5-4-23(13-25(26)30)42-24-6-8-34-27(14-24)18-15-35-39(3)16-18/h4-6,8,10-16,21H,7,9,17H2,1-3H3,(H2,36,37,41). The van der Waals surface area contributed by atoms with Gasteiger partial charge >= 0.3 is 12.2 Å². The number of pyridine rings is 1. The lowest BCUT2D eigenvalue weighted by atomic mass is 10.1. The highest BCUT2D eigenvalue weighted by Crippen LogP contribution is 2.36. The number of aromatic nitrogens is 3. The van der Waals surface area contributed by atoms with Crippen LogP contribution in [0.4, 0.5) is 39.4 Å². The summed E-state index contributed by atoms with van der Waals surface area (Å²) in [6.07, 6.45) is 1.20. The number of anilines is 3. The molecule has 2 amide bonds. The number of likely N-dealkylation sites (N-methyl/N-ethyl adjacent to an activating group) is 1. The van der Waals surface area contributed by atoms with Crippen molar-refractivity contribution in [3.63, 3.8) is 0 Å². The summed E-state index contributed by atoms with van der Waals surface area (Å²) in [4.78, 5) is 20.9. The third-order valence-corrected chi connectivity index (χ3v) is 6.92. The van der Waals surface area contributed by atoms with Crippen molar-refractivity contribution >= 4 is 23.1 Å². The zero-order valence-electron chi connectivity index (χ0n) is 23.1. The number of amides is 2. The highest BCUT2D eigenvalue weighted by atomic mass is 19.4. The van der Waals surface area contributed by atoms with Gasteiger partial charge in [0, 0.05) is 67.6 Å². The minimum atomic E-state index is -4.61. The number of carbonyl (C=O) groups excluding carboxylic acids is 1. The lowest BCUT2D eigenvalue weighted by molar-refractivity contribution is -0.137. The van der Waals surface area contributed by atoms with Crippen molar-refractivity contribution in [3.05, 3.63) is 78.5 Å². The van der Waals surface area contributed by atoms with Crippen LogP contribution in [0.1, 0.15) is 12.0 Å². The SMILES string of the molecule is CN(C)C1CCN(c2cc(NC(=O)Nc3ccc(Oc4ccnc(-c5cnn(C)c5)c4)cc3F)cc(C(F)(F)F)c2)C1. The van der Waals surface area contributed by atoms with E-state index in [1.165, 1.54) is 18.2 Å². The van der Waals surface area contributed by atoms with Gasteiger partial charge in [-0.05, 0) is 56.9 Å². The van der Waals surface area contributed by atoms with Crippen LogP contribution >= 0.6 is 0 Å². The van der Waals surface area contributed by atoms with Crippen LogP contribution in [0.2, 0.25) is 0 Å². The van der Waals surface area contributed by atoms with Crippen molar-refractivity contribution in [1.29, 1.82) is 0 Å². The molecule has 2 aromatic carbocycles.